The Balaban J connectivity index is 1.29. The van der Waals surface area contributed by atoms with Gasteiger partial charge < -0.3 is 9.80 Å². The smallest absolute Gasteiger partial charge is 0.291 e. The fourth-order valence-corrected chi connectivity index (χ4v) is 4.66. The average molecular weight is 360 g/mol. The van der Waals surface area contributed by atoms with Crippen LogP contribution in [-0.2, 0) is 4.79 Å². The Bertz CT molecular complexity index is 620. The lowest BCUT2D eigenvalue weighted by atomic mass is 9.94. The zero-order valence-corrected chi connectivity index (χ0v) is 15.3. The number of rotatable bonds is 3. The van der Waals surface area contributed by atoms with Crippen molar-refractivity contribution in [2.24, 2.45) is 5.92 Å². The first-order valence-corrected chi connectivity index (χ1v) is 9.90. The molecule has 2 saturated heterocycles. The van der Waals surface area contributed by atoms with Gasteiger partial charge in [-0.15, -0.1) is 0 Å². The number of piperidine rings is 1. The number of hydrogen-bond donors (Lipinski definition) is 1. The molecule has 8 nitrogen and oxygen atoms in total. The minimum atomic E-state index is -0.139. The third kappa shape index (κ3) is 3.60. The number of carbonyl (C=O) groups excluding carboxylic acids is 2. The second-order valence-electron chi connectivity index (χ2n) is 7.72. The number of nitrogens with one attached hydrogen (secondary N) is 1. The molecule has 1 aromatic heterocycles. The Morgan fingerprint density at radius 3 is 2.38 bits per heavy atom. The van der Waals surface area contributed by atoms with Crippen molar-refractivity contribution < 1.29 is 9.59 Å². The number of nitrogens with zero attached hydrogens (tertiary/aromatic N) is 5. The summed E-state index contributed by atoms with van der Waals surface area (Å²) >= 11 is 0. The third-order valence-electron chi connectivity index (χ3n) is 6.14. The summed E-state index contributed by atoms with van der Waals surface area (Å²) in [4.78, 5) is 35.5. The number of amides is 2. The summed E-state index contributed by atoms with van der Waals surface area (Å²) in [7, 11) is 0. The molecule has 142 valence electrons. The largest absolute Gasteiger partial charge is 0.339 e. The molecule has 1 atom stereocenters. The first-order chi connectivity index (χ1) is 12.7. The first-order valence-electron chi connectivity index (χ1n) is 9.90. The second-order valence-corrected chi connectivity index (χ2v) is 7.72. The van der Waals surface area contributed by atoms with Crippen LogP contribution in [0.2, 0.25) is 0 Å². The summed E-state index contributed by atoms with van der Waals surface area (Å²) in [5.74, 6) is 0.532. The second kappa shape index (κ2) is 7.73. The molecule has 8 heteroatoms. The number of likely N-dealkylation sites (tertiary alicyclic amines) is 1. The molecule has 3 heterocycles. The fourth-order valence-electron chi connectivity index (χ4n) is 4.66. The van der Waals surface area contributed by atoms with Crippen LogP contribution in [0.5, 0.6) is 0 Å². The lowest BCUT2D eigenvalue weighted by Gasteiger charge is -2.40. The minimum Gasteiger partial charge on any atom is -0.339 e. The Kier molecular flexibility index (Phi) is 5.19. The van der Waals surface area contributed by atoms with E-state index in [1.54, 1.807) is 4.90 Å². The molecule has 1 N–H and O–H groups in total. The van der Waals surface area contributed by atoms with E-state index < -0.39 is 0 Å². The number of carbonyl (C=O) groups is 2. The van der Waals surface area contributed by atoms with E-state index in [2.05, 4.69) is 20.1 Å². The lowest BCUT2D eigenvalue weighted by Crippen LogP contribution is -2.54. The molecule has 1 aliphatic carbocycles. The monoisotopic (exact) mass is 360 g/mol. The van der Waals surface area contributed by atoms with Gasteiger partial charge in [-0.1, -0.05) is 12.8 Å². The van der Waals surface area contributed by atoms with Gasteiger partial charge in [0.2, 0.25) is 11.7 Å². The van der Waals surface area contributed by atoms with Gasteiger partial charge in [0.05, 0.1) is 5.92 Å². The van der Waals surface area contributed by atoms with Crippen LogP contribution < -0.4 is 0 Å². The summed E-state index contributed by atoms with van der Waals surface area (Å²) in [5, 5.41) is 6.34. The summed E-state index contributed by atoms with van der Waals surface area (Å²) < 4.78 is 0. The highest BCUT2D eigenvalue weighted by atomic mass is 16.2. The quantitative estimate of drug-likeness (QED) is 0.859. The molecule has 26 heavy (non-hydrogen) atoms. The van der Waals surface area contributed by atoms with Gasteiger partial charge in [0, 0.05) is 38.8 Å². The van der Waals surface area contributed by atoms with Crippen molar-refractivity contribution in [1.82, 2.24) is 29.9 Å². The molecule has 4 rings (SSSR count). The van der Waals surface area contributed by atoms with Crippen LogP contribution in [0.3, 0.4) is 0 Å². The van der Waals surface area contributed by atoms with E-state index in [9.17, 15) is 9.59 Å². The predicted octanol–water partition coefficient (Wildman–Crippen LogP) is 0.744. The SMILES string of the molecule is O=C(c1ncn[nH]1)N1CCN(C(=O)C2CCCN(C3CCCC3)C2)CC1. The zero-order valence-electron chi connectivity index (χ0n) is 15.3. The molecule has 3 aliphatic rings. The van der Waals surface area contributed by atoms with Gasteiger partial charge in [0.15, 0.2) is 0 Å². The molecular weight excluding hydrogens is 332 g/mol. The van der Waals surface area contributed by atoms with Gasteiger partial charge in [0.1, 0.15) is 6.33 Å². The summed E-state index contributed by atoms with van der Waals surface area (Å²) in [5.41, 5.74) is 0. The minimum absolute atomic E-state index is 0.126. The van der Waals surface area contributed by atoms with Crippen LogP contribution in [-0.4, -0.2) is 87.0 Å². The van der Waals surface area contributed by atoms with Crippen LogP contribution in [0.1, 0.15) is 49.1 Å². The van der Waals surface area contributed by atoms with Gasteiger partial charge in [-0.3, -0.25) is 19.6 Å². The van der Waals surface area contributed by atoms with Gasteiger partial charge in [-0.05, 0) is 32.2 Å². The van der Waals surface area contributed by atoms with Gasteiger partial charge >= 0.3 is 0 Å². The van der Waals surface area contributed by atoms with Gasteiger partial charge in [-0.25, -0.2) is 4.98 Å². The topological polar surface area (TPSA) is 85.4 Å². The standard InChI is InChI=1S/C18H28N6O2/c25-17(14-4-3-7-24(12-14)15-5-1-2-6-15)22-8-10-23(11-9-22)18(26)16-19-13-20-21-16/h13-15H,1-12H2,(H,19,20,21). The van der Waals surface area contributed by atoms with Crippen LogP contribution in [0.15, 0.2) is 6.33 Å². The van der Waals surface area contributed by atoms with Crippen molar-refractivity contribution in [2.75, 3.05) is 39.3 Å². The highest BCUT2D eigenvalue weighted by Gasteiger charge is 2.34. The van der Waals surface area contributed by atoms with Crippen molar-refractivity contribution in [1.29, 1.82) is 0 Å². The average Bonchev–Trinajstić information content (AvgIpc) is 3.41. The van der Waals surface area contributed by atoms with E-state index in [4.69, 9.17) is 0 Å². The predicted molar refractivity (Wildman–Crippen MR) is 95.4 cm³/mol. The van der Waals surface area contributed by atoms with Crippen molar-refractivity contribution in [2.45, 2.75) is 44.6 Å². The molecule has 0 radical (unpaired) electrons. The van der Waals surface area contributed by atoms with E-state index in [1.807, 2.05) is 4.90 Å². The van der Waals surface area contributed by atoms with Crippen molar-refractivity contribution >= 4 is 11.8 Å². The normalized spacial score (nSPS) is 25.6. The van der Waals surface area contributed by atoms with Crippen molar-refractivity contribution in [3.63, 3.8) is 0 Å². The Morgan fingerprint density at radius 2 is 1.69 bits per heavy atom. The zero-order chi connectivity index (χ0) is 17.9. The maximum absolute atomic E-state index is 13.0. The van der Waals surface area contributed by atoms with Gasteiger partial charge in [0.25, 0.3) is 5.91 Å². The highest BCUT2D eigenvalue weighted by Crippen LogP contribution is 2.28. The number of hydrogen-bond acceptors (Lipinski definition) is 5. The van der Waals surface area contributed by atoms with E-state index in [0.717, 1.165) is 25.9 Å². The molecule has 3 fully saturated rings. The molecule has 0 spiro atoms. The summed E-state index contributed by atoms with van der Waals surface area (Å²) in [6, 6.07) is 0.696. The van der Waals surface area contributed by atoms with Crippen molar-refractivity contribution in [3.05, 3.63) is 12.2 Å². The molecule has 0 aromatic carbocycles. The molecule has 1 saturated carbocycles. The third-order valence-corrected chi connectivity index (χ3v) is 6.14. The molecule has 2 aliphatic heterocycles. The van der Waals surface area contributed by atoms with E-state index in [-0.39, 0.29) is 23.6 Å². The first kappa shape index (κ1) is 17.5. The van der Waals surface area contributed by atoms with Gasteiger partial charge in [-0.2, -0.15) is 5.10 Å². The Labute approximate surface area is 153 Å². The van der Waals surface area contributed by atoms with E-state index >= 15 is 0 Å². The molecule has 1 unspecified atom stereocenters. The number of aromatic amines is 1. The molecule has 2 amide bonds. The summed E-state index contributed by atoms with van der Waals surface area (Å²) in [6.45, 7) is 4.40. The van der Waals surface area contributed by atoms with Crippen LogP contribution in [0.4, 0.5) is 0 Å². The van der Waals surface area contributed by atoms with E-state index in [1.165, 1.54) is 32.0 Å². The number of piperazine rings is 1. The molecule has 0 bridgehead atoms. The van der Waals surface area contributed by atoms with Crippen LogP contribution in [0, 0.1) is 5.92 Å². The Morgan fingerprint density at radius 1 is 0.962 bits per heavy atom. The van der Waals surface area contributed by atoms with Crippen molar-refractivity contribution in [3.8, 4) is 0 Å². The lowest BCUT2D eigenvalue weighted by molar-refractivity contribution is -0.139. The Hall–Kier alpha value is -1.96. The summed E-state index contributed by atoms with van der Waals surface area (Å²) in [6.07, 6.45) is 8.72. The maximum Gasteiger partial charge on any atom is 0.291 e. The molecular formula is C18H28N6O2. The van der Waals surface area contributed by atoms with Crippen LogP contribution >= 0.6 is 0 Å². The number of aromatic nitrogens is 3. The number of H-pyrrole nitrogens is 1. The fraction of sp³-hybridized carbons (Fsp3) is 0.778. The highest BCUT2D eigenvalue weighted by molar-refractivity contribution is 5.90. The molecule has 1 aromatic rings. The van der Waals surface area contributed by atoms with E-state index in [0.29, 0.717) is 32.2 Å². The maximum atomic E-state index is 13.0. The van der Waals surface area contributed by atoms with Crippen LogP contribution in [0.25, 0.3) is 0 Å².